The summed E-state index contributed by atoms with van der Waals surface area (Å²) in [5, 5.41) is 15.1. The van der Waals surface area contributed by atoms with Crippen LogP contribution in [0.4, 0.5) is 11.4 Å². The van der Waals surface area contributed by atoms with Gasteiger partial charge in [0.1, 0.15) is 18.2 Å². The van der Waals surface area contributed by atoms with Crippen molar-refractivity contribution in [2.75, 3.05) is 17.3 Å². The lowest BCUT2D eigenvalue weighted by Crippen LogP contribution is -2.30. The number of nitrogens with zero attached hydrogens (tertiary/aromatic N) is 2. The van der Waals surface area contributed by atoms with Gasteiger partial charge in [-0.3, -0.25) is 9.59 Å². The summed E-state index contributed by atoms with van der Waals surface area (Å²) in [6.07, 6.45) is 5.09. The van der Waals surface area contributed by atoms with E-state index >= 15 is 0 Å². The number of anilines is 2. The number of hydrogen-bond donors (Lipinski definition) is 2. The molecule has 1 aliphatic carbocycles. The monoisotopic (exact) mass is 524 g/mol. The van der Waals surface area contributed by atoms with Crippen LogP contribution in [0.15, 0.2) is 76.5 Å². The number of carbonyl (C=O) groups is 2. The molecular weight excluding hydrogens is 494 g/mol. The van der Waals surface area contributed by atoms with Crippen LogP contribution in [0.3, 0.4) is 0 Å². The number of benzene rings is 3. The van der Waals surface area contributed by atoms with Gasteiger partial charge in [-0.2, -0.15) is 4.57 Å². The van der Waals surface area contributed by atoms with Crippen LogP contribution in [0.25, 0.3) is 27.9 Å². The minimum atomic E-state index is -1.34. The number of fused-ring (bicyclic) bond motifs is 4. The Labute approximate surface area is 225 Å². The van der Waals surface area contributed by atoms with E-state index in [-0.39, 0.29) is 12.2 Å². The molecule has 1 fully saturated rings. The number of ketones is 1. The van der Waals surface area contributed by atoms with Gasteiger partial charge < -0.3 is 24.5 Å². The van der Waals surface area contributed by atoms with E-state index in [1.807, 2.05) is 67.5 Å². The van der Waals surface area contributed by atoms with Crippen LogP contribution in [0, 0.1) is 5.41 Å². The third-order valence-electron chi connectivity index (χ3n) is 7.95. The number of Topliss-reactive ketones (excluding diaryl/α,β-unsaturated/α-hetero) is 1. The molecule has 2 aliphatic rings. The second-order valence-corrected chi connectivity index (χ2v) is 10.3. The summed E-state index contributed by atoms with van der Waals surface area (Å²) in [6.45, 7) is 3.42. The molecule has 2 unspecified atom stereocenters. The molecule has 2 atom stereocenters. The van der Waals surface area contributed by atoms with E-state index in [0.717, 1.165) is 45.7 Å². The molecule has 6 rings (SSSR count). The lowest BCUT2D eigenvalue weighted by atomic mass is 10.0. The Morgan fingerprint density at radius 2 is 2.00 bits per heavy atom. The Bertz CT molecular complexity index is 1720. The van der Waals surface area contributed by atoms with E-state index in [1.54, 1.807) is 0 Å². The zero-order valence-corrected chi connectivity index (χ0v) is 22.3. The number of ether oxygens (including phenoxy) is 1. The number of aromatic nitrogens is 1. The minimum Gasteiger partial charge on any atom is -0.480 e. The first-order chi connectivity index (χ1) is 18.7. The predicted molar refractivity (Wildman–Crippen MR) is 149 cm³/mol. The van der Waals surface area contributed by atoms with Crippen LogP contribution in [-0.2, 0) is 16.6 Å². The molecule has 3 aromatic carbocycles. The van der Waals surface area contributed by atoms with Crippen molar-refractivity contribution in [3.63, 3.8) is 0 Å². The van der Waals surface area contributed by atoms with Crippen molar-refractivity contribution in [1.82, 2.24) is 0 Å². The molecule has 8 heteroatoms. The fraction of sp³-hybridized carbons (Fsp3) is 0.258. The molecule has 1 saturated carbocycles. The lowest BCUT2D eigenvalue weighted by Gasteiger charge is -2.14. The molecule has 2 N–H and O–H groups in total. The average Bonchev–Trinajstić information content (AvgIpc) is 3.47. The Hall–Kier alpha value is -4.59. The normalized spacial score (nSPS) is 21.3. The number of carboxylic acids is 1. The second-order valence-electron chi connectivity index (χ2n) is 10.3. The van der Waals surface area contributed by atoms with E-state index in [0.29, 0.717) is 11.6 Å². The van der Waals surface area contributed by atoms with Crippen molar-refractivity contribution < 1.29 is 28.4 Å². The van der Waals surface area contributed by atoms with Crippen molar-refractivity contribution in [3.8, 4) is 5.75 Å². The third kappa shape index (κ3) is 3.94. The maximum absolute atomic E-state index is 12.0. The fourth-order valence-corrected chi connectivity index (χ4v) is 5.44. The van der Waals surface area contributed by atoms with Crippen molar-refractivity contribution in [2.45, 2.75) is 32.7 Å². The lowest BCUT2D eigenvalue weighted by molar-refractivity contribution is -0.651. The summed E-state index contributed by atoms with van der Waals surface area (Å²) >= 11 is 0. The van der Waals surface area contributed by atoms with Gasteiger partial charge in [-0.15, -0.1) is 0 Å². The van der Waals surface area contributed by atoms with Gasteiger partial charge in [0.15, 0.2) is 5.75 Å². The molecule has 198 valence electrons. The van der Waals surface area contributed by atoms with E-state index < -0.39 is 17.4 Å². The highest BCUT2D eigenvalue weighted by Gasteiger charge is 2.64. The summed E-state index contributed by atoms with van der Waals surface area (Å²) in [7, 11) is 3.94. The molecule has 0 amide bonds. The van der Waals surface area contributed by atoms with Crippen molar-refractivity contribution >= 4 is 51.1 Å². The molecular formula is C31H30N3O5+. The van der Waals surface area contributed by atoms with Gasteiger partial charge in [-0.25, -0.2) is 0 Å². The van der Waals surface area contributed by atoms with Gasteiger partial charge in [0.2, 0.25) is 11.5 Å². The number of rotatable bonds is 7. The highest BCUT2D eigenvalue weighted by atomic mass is 16.5. The summed E-state index contributed by atoms with van der Waals surface area (Å²) in [6, 6.07) is 17.5. The van der Waals surface area contributed by atoms with Gasteiger partial charge in [-0.05, 0) is 61.1 Å². The third-order valence-corrected chi connectivity index (χ3v) is 7.95. The molecule has 0 bridgehead atoms. The molecule has 1 aliphatic heterocycles. The Morgan fingerprint density at radius 3 is 2.72 bits per heavy atom. The second kappa shape index (κ2) is 9.01. The molecule has 39 heavy (non-hydrogen) atoms. The highest BCUT2D eigenvalue weighted by Crippen LogP contribution is 2.50. The van der Waals surface area contributed by atoms with Gasteiger partial charge in [-0.1, -0.05) is 31.2 Å². The number of oxazole rings is 1. The van der Waals surface area contributed by atoms with Crippen molar-refractivity contribution in [2.24, 2.45) is 12.5 Å². The zero-order valence-electron chi connectivity index (χ0n) is 22.3. The average molecular weight is 525 g/mol. The first-order valence-electron chi connectivity index (χ1n) is 13.0. The van der Waals surface area contributed by atoms with Crippen LogP contribution in [-0.4, -0.2) is 29.9 Å². The van der Waals surface area contributed by atoms with Crippen LogP contribution in [0.5, 0.6) is 5.75 Å². The maximum Gasteiger partial charge on any atom is 0.374 e. The van der Waals surface area contributed by atoms with E-state index in [1.165, 1.54) is 12.3 Å². The molecule has 2 heterocycles. The van der Waals surface area contributed by atoms with Crippen LogP contribution in [0.1, 0.15) is 32.6 Å². The number of carbonyl (C=O) groups excluding carboxylic acids is 1. The zero-order chi connectivity index (χ0) is 27.5. The molecule has 4 aromatic rings. The van der Waals surface area contributed by atoms with E-state index in [4.69, 9.17) is 9.15 Å². The van der Waals surface area contributed by atoms with Crippen LogP contribution >= 0.6 is 0 Å². The predicted octanol–water partition coefficient (Wildman–Crippen LogP) is 5.42. The summed E-state index contributed by atoms with van der Waals surface area (Å²) in [4.78, 5) is 25.6. The van der Waals surface area contributed by atoms with Gasteiger partial charge in [0, 0.05) is 18.8 Å². The van der Waals surface area contributed by atoms with Crippen LogP contribution < -0.4 is 19.5 Å². The summed E-state index contributed by atoms with van der Waals surface area (Å²) < 4.78 is 14.5. The first-order valence-corrected chi connectivity index (χ1v) is 13.0. The number of carboxylic acid groups (broad SMARTS) is 1. The van der Waals surface area contributed by atoms with Gasteiger partial charge in [0.25, 0.3) is 5.52 Å². The quantitative estimate of drug-likeness (QED) is 0.246. The topological polar surface area (TPSA) is 95.9 Å². The molecule has 8 nitrogen and oxygen atoms in total. The Morgan fingerprint density at radius 1 is 1.21 bits per heavy atom. The Balaban J connectivity index is 1.27. The maximum atomic E-state index is 12.0. The van der Waals surface area contributed by atoms with E-state index in [9.17, 15) is 14.7 Å². The van der Waals surface area contributed by atoms with Gasteiger partial charge in [0.05, 0.1) is 23.2 Å². The number of nitrogens with one attached hydrogen (secondary N) is 1. The fourth-order valence-electron chi connectivity index (χ4n) is 5.44. The largest absolute Gasteiger partial charge is 0.480 e. The molecule has 0 radical (unpaired) electrons. The number of aryl methyl sites for hydroxylation is 1. The first kappa shape index (κ1) is 24.7. The summed E-state index contributed by atoms with van der Waals surface area (Å²) in [5.74, 6) is 0.719. The highest BCUT2D eigenvalue weighted by molar-refractivity contribution is 6.07. The Kier molecular flexibility index (Phi) is 5.71. The molecule has 0 spiro atoms. The van der Waals surface area contributed by atoms with Gasteiger partial charge >= 0.3 is 11.9 Å². The molecule has 1 aromatic heterocycles. The van der Waals surface area contributed by atoms with Crippen molar-refractivity contribution in [3.05, 3.63) is 78.0 Å². The molecule has 0 saturated heterocycles. The van der Waals surface area contributed by atoms with E-state index in [2.05, 4.69) is 35.0 Å². The standard InChI is InChI=1S/C31H29N3O5/c1-5-19(15-28-34(4)29-22-9-7-6-8-20(22)10-12-25(29)39-28)14-27-33(3)23-16-21(11-13-24(23)38-27)32-26-17-31(26,18(2)35)30(36)37/h6-16,26,32H,5,17H2,1-4H3/p+1. The minimum absolute atomic E-state index is 0.284. The SMILES string of the molecule is CCC(/C=C1\Oc2ccc(NC3CC3(C(C)=O)C(=O)O)cc2N1C)=C\c1oc2ccc3ccccc3c2[n+]1C. The number of aliphatic carboxylic acids is 1. The number of allylic oxidation sites excluding steroid dienone is 2. The smallest absolute Gasteiger partial charge is 0.374 e. The van der Waals surface area contributed by atoms with Crippen LogP contribution in [0.2, 0.25) is 0 Å². The summed E-state index contributed by atoms with van der Waals surface area (Å²) in [5.41, 5.74) is 3.18. The van der Waals surface area contributed by atoms with Crippen molar-refractivity contribution in [1.29, 1.82) is 0 Å². The number of hydrogen-bond acceptors (Lipinski definition) is 6.